The largest absolute Gasteiger partial charge is 0.299 e. The third-order valence-corrected chi connectivity index (χ3v) is 2.02. The molecule has 0 aliphatic rings. The van der Waals surface area contributed by atoms with Crippen LogP contribution in [0.5, 0.6) is 0 Å². The van der Waals surface area contributed by atoms with Gasteiger partial charge in [0.05, 0.1) is 5.52 Å². The molecular formula is C12H9NO. The van der Waals surface area contributed by atoms with Crippen molar-refractivity contribution in [1.82, 2.24) is 4.98 Å². The van der Waals surface area contributed by atoms with Crippen LogP contribution in [0, 0.1) is 0 Å². The summed E-state index contributed by atoms with van der Waals surface area (Å²) in [7, 11) is 0. The number of hydrogen-bond acceptors (Lipinski definition) is 2. The minimum Gasteiger partial charge on any atom is -0.299 e. The van der Waals surface area contributed by atoms with Crippen LogP contribution in [0.2, 0.25) is 0 Å². The molecule has 0 aliphatic carbocycles. The Labute approximate surface area is 81.9 Å². The number of allylic oxidation sites excluding steroid dienone is 1. The second-order valence-corrected chi connectivity index (χ2v) is 2.92. The highest BCUT2D eigenvalue weighted by molar-refractivity contribution is 5.89. The highest BCUT2D eigenvalue weighted by Gasteiger charge is 1.96. The predicted molar refractivity (Wildman–Crippen MR) is 56.8 cm³/mol. The van der Waals surface area contributed by atoms with Crippen LogP contribution in [0.1, 0.15) is 5.56 Å². The minimum absolute atomic E-state index is 0.766. The average Bonchev–Trinajstić information content (AvgIpc) is 2.26. The molecule has 1 aromatic heterocycles. The Balaban J connectivity index is 2.64. The second-order valence-electron chi connectivity index (χ2n) is 2.92. The van der Waals surface area contributed by atoms with Crippen LogP contribution in [-0.2, 0) is 4.79 Å². The fourth-order valence-electron chi connectivity index (χ4n) is 1.41. The van der Waals surface area contributed by atoms with Crippen molar-refractivity contribution in [2.45, 2.75) is 0 Å². The van der Waals surface area contributed by atoms with Crippen molar-refractivity contribution in [3.05, 3.63) is 48.2 Å². The average molecular weight is 183 g/mol. The summed E-state index contributed by atoms with van der Waals surface area (Å²) in [4.78, 5) is 14.5. The normalized spacial score (nSPS) is 10.9. The molecule has 0 unspecified atom stereocenters. The molecule has 0 atom stereocenters. The molecule has 0 bridgehead atoms. The molecule has 2 aromatic rings. The summed E-state index contributed by atoms with van der Waals surface area (Å²) in [5.74, 6) is 0. The zero-order valence-electron chi connectivity index (χ0n) is 7.55. The van der Waals surface area contributed by atoms with Crippen molar-refractivity contribution >= 4 is 23.3 Å². The Morgan fingerprint density at radius 1 is 1.14 bits per heavy atom. The standard InChI is InChI=1S/C12H9NO/c14-9-3-7-11-5-1-4-10-6-2-8-13-12(10)11/h1-9H/b7-3+. The van der Waals surface area contributed by atoms with Crippen molar-refractivity contribution in [3.8, 4) is 0 Å². The molecule has 0 N–H and O–H groups in total. The van der Waals surface area contributed by atoms with Gasteiger partial charge in [-0.05, 0) is 18.2 Å². The number of aromatic nitrogens is 1. The van der Waals surface area contributed by atoms with Gasteiger partial charge in [0.25, 0.3) is 0 Å². The summed E-state index contributed by atoms with van der Waals surface area (Å²) in [5, 5.41) is 1.08. The van der Waals surface area contributed by atoms with Gasteiger partial charge in [-0.1, -0.05) is 24.3 Å². The maximum Gasteiger partial charge on any atom is 0.142 e. The van der Waals surface area contributed by atoms with E-state index in [-0.39, 0.29) is 0 Å². The smallest absolute Gasteiger partial charge is 0.142 e. The first kappa shape index (κ1) is 8.63. The van der Waals surface area contributed by atoms with E-state index in [4.69, 9.17) is 0 Å². The summed E-state index contributed by atoms with van der Waals surface area (Å²) < 4.78 is 0. The van der Waals surface area contributed by atoms with Crippen molar-refractivity contribution in [3.63, 3.8) is 0 Å². The van der Waals surface area contributed by atoms with Gasteiger partial charge in [0, 0.05) is 17.1 Å². The lowest BCUT2D eigenvalue weighted by Crippen LogP contribution is -1.81. The number of carbonyl (C=O) groups is 1. The van der Waals surface area contributed by atoms with Crippen molar-refractivity contribution in [1.29, 1.82) is 0 Å². The molecule has 0 radical (unpaired) electrons. The summed E-state index contributed by atoms with van der Waals surface area (Å²) in [6.07, 6.45) is 5.76. The van der Waals surface area contributed by atoms with Gasteiger partial charge < -0.3 is 0 Å². The number of nitrogens with zero attached hydrogens (tertiary/aromatic N) is 1. The summed E-state index contributed by atoms with van der Waals surface area (Å²) >= 11 is 0. The molecule has 0 saturated carbocycles. The molecule has 2 nitrogen and oxygen atoms in total. The Morgan fingerprint density at radius 2 is 2.00 bits per heavy atom. The Hall–Kier alpha value is -1.96. The van der Waals surface area contributed by atoms with E-state index in [1.165, 1.54) is 6.08 Å². The van der Waals surface area contributed by atoms with E-state index in [1.807, 2.05) is 30.3 Å². The van der Waals surface area contributed by atoms with Gasteiger partial charge in [-0.3, -0.25) is 9.78 Å². The van der Waals surface area contributed by atoms with Crippen LogP contribution in [-0.4, -0.2) is 11.3 Å². The predicted octanol–water partition coefficient (Wildman–Crippen LogP) is 2.45. The minimum atomic E-state index is 0.766. The topological polar surface area (TPSA) is 30.0 Å². The molecule has 1 heterocycles. The SMILES string of the molecule is O=C/C=C/c1cccc2cccnc12. The summed E-state index contributed by atoms with van der Waals surface area (Å²) in [6.45, 7) is 0. The third kappa shape index (κ3) is 1.55. The van der Waals surface area contributed by atoms with Gasteiger partial charge in [0.1, 0.15) is 6.29 Å². The van der Waals surface area contributed by atoms with Gasteiger partial charge in [-0.25, -0.2) is 0 Å². The highest BCUT2D eigenvalue weighted by atomic mass is 16.1. The maximum absolute atomic E-state index is 10.2. The number of para-hydroxylation sites is 1. The first-order valence-electron chi connectivity index (χ1n) is 4.37. The van der Waals surface area contributed by atoms with Crippen LogP contribution < -0.4 is 0 Å². The number of aldehydes is 1. The Bertz CT molecular complexity index is 483. The summed E-state index contributed by atoms with van der Waals surface area (Å²) in [5.41, 5.74) is 1.89. The molecule has 0 spiro atoms. The van der Waals surface area contributed by atoms with E-state index in [1.54, 1.807) is 12.3 Å². The zero-order chi connectivity index (χ0) is 9.80. The van der Waals surface area contributed by atoms with Crippen molar-refractivity contribution < 1.29 is 4.79 Å². The van der Waals surface area contributed by atoms with Crippen LogP contribution in [0.25, 0.3) is 17.0 Å². The molecule has 68 valence electrons. The number of carbonyl (C=O) groups excluding carboxylic acids is 1. The highest BCUT2D eigenvalue weighted by Crippen LogP contribution is 2.16. The van der Waals surface area contributed by atoms with Crippen LogP contribution in [0.4, 0.5) is 0 Å². The molecule has 14 heavy (non-hydrogen) atoms. The van der Waals surface area contributed by atoms with Gasteiger partial charge in [0.15, 0.2) is 0 Å². The maximum atomic E-state index is 10.2. The van der Waals surface area contributed by atoms with E-state index < -0.39 is 0 Å². The fraction of sp³-hybridized carbons (Fsp3) is 0. The molecule has 0 aliphatic heterocycles. The molecular weight excluding hydrogens is 174 g/mol. The van der Waals surface area contributed by atoms with Gasteiger partial charge in [-0.2, -0.15) is 0 Å². The first-order valence-corrected chi connectivity index (χ1v) is 4.37. The van der Waals surface area contributed by atoms with Crippen molar-refractivity contribution in [2.24, 2.45) is 0 Å². The van der Waals surface area contributed by atoms with E-state index in [0.717, 1.165) is 22.8 Å². The molecule has 0 saturated heterocycles. The first-order chi connectivity index (χ1) is 6.92. The number of pyridine rings is 1. The second kappa shape index (κ2) is 3.83. The number of fused-ring (bicyclic) bond motifs is 1. The number of hydrogen-bond donors (Lipinski definition) is 0. The van der Waals surface area contributed by atoms with Crippen LogP contribution >= 0.6 is 0 Å². The van der Waals surface area contributed by atoms with E-state index in [2.05, 4.69) is 4.98 Å². The van der Waals surface area contributed by atoms with Crippen LogP contribution in [0.15, 0.2) is 42.6 Å². The quantitative estimate of drug-likeness (QED) is 0.528. The zero-order valence-corrected chi connectivity index (χ0v) is 7.55. The molecule has 0 fully saturated rings. The Morgan fingerprint density at radius 3 is 2.86 bits per heavy atom. The molecule has 0 amide bonds. The monoisotopic (exact) mass is 183 g/mol. The van der Waals surface area contributed by atoms with E-state index in [0.29, 0.717) is 0 Å². The Kier molecular flexibility index (Phi) is 2.36. The van der Waals surface area contributed by atoms with Gasteiger partial charge in [0.2, 0.25) is 0 Å². The summed E-state index contributed by atoms with van der Waals surface area (Å²) in [6, 6.07) is 9.79. The van der Waals surface area contributed by atoms with Gasteiger partial charge in [-0.15, -0.1) is 0 Å². The molecule has 2 rings (SSSR count). The van der Waals surface area contributed by atoms with E-state index >= 15 is 0 Å². The van der Waals surface area contributed by atoms with Crippen LogP contribution in [0.3, 0.4) is 0 Å². The lowest BCUT2D eigenvalue weighted by atomic mass is 10.1. The number of benzene rings is 1. The van der Waals surface area contributed by atoms with E-state index in [9.17, 15) is 4.79 Å². The molecule has 1 aromatic carbocycles. The lowest BCUT2D eigenvalue weighted by molar-refractivity contribution is -0.104. The fourth-order valence-corrected chi connectivity index (χ4v) is 1.41. The van der Waals surface area contributed by atoms with Crippen molar-refractivity contribution in [2.75, 3.05) is 0 Å². The number of rotatable bonds is 2. The molecule has 2 heteroatoms. The van der Waals surface area contributed by atoms with Gasteiger partial charge >= 0.3 is 0 Å². The third-order valence-electron chi connectivity index (χ3n) is 2.02. The lowest BCUT2D eigenvalue weighted by Gasteiger charge is -1.99.